The Hall–Kier alpha value is -0.640. The summed E-state index contributed by atoms with van der Waals surface area (Å²) in [7, 11) is 0. The van der Waals surface area contributed by atoms with Crippen LogP contribution in [0.15, 0.2) is 18.5 Å². The molecular formula is C13H17ClN2O. The van der Waals surface area contributed by atoms with E-state index in [2.05, 4.69) is 9.88 Å². The second-order valence-corrected chi connectivity index (χ2v) is 5.64. The molecule has 17 heavy (non-hydrogen) atoms. The number of pyridine rings is 1. The molecule has 1 aromatic heterocycles. The largest absolute Gasteiger partial charge is 0.381 e. The zero-order valence-electron chi connectivity index (χ0n) is 9.86. The van der Waals surface area contributed by atoms with E-state index >= 15 is 0 Å². The summed E-state index contributed by atoms with van der Waals surface area (Å²) in [5, 5.41) is 0.774. The lowest BCUT2D eigenvalue weighted by Gasteiger charge is -2.22. The minimum Gasteiger partial charge on any atom is -0.381 e. The van der Waals surface area contributed by atoms with Crippen LogP contribution in [-0.4, -0.2) is 36.2 Å². The van der Waals surface area contributed by atoms with Gasteiger partial charge in [0.15, 0.2) is 0 Å². The van der Waals surface area contributed by atoms with Gasteiger partial charge in [0.05, 0.1) is 11.6 Å². The molecule has 0 saturated carbocycles. The van der Waals surface area contributed by atoms with Gasteiger partial charge in [-0.2, -0.15) is 0 Å². The fourth-order valence-electron chi connectivity index (χ4n) is 2.91. The van der Waals surface area contributed by atoms with Crippen LogP contribution in [0.3, 0.4) is 0 Å². The van der Waals surface area contributed by atoms with E-state index in [1.54, 1.807) is 6.20 Å². The first-order valence-corrected chi connectivity index (χ1v) is 6.54. The Balaban J connectivity index is 1.66. The molecule has 0 amide bonds. The van der Waals surface area contributed by atoms with E-state index in [0.717, 1.165) is 37.9 Å². The highest BCUT2D eigenvalue weighted by Gasteiger charge is 2.41. The van der Waals surface area contributed by atoms with Crippen LogP contribution in [-0.2, 0) is 11.3 Å². The van der Waals surface area contributed by atoms with Gasteiger partial charge in [0.1, 0.15) is 0 Å². The smallest absolute Gasteiger partial charge is 0.0634 e. The molecule has 2 saturated heterocycles. The molecule has 4 heteroatoms. The molecule has 1 aromatic rings. The molecule has 1 spiro atoms. The van der Waals surface area contributed by atoms with E-state index in [9.17, 15) is 0 Å². The fourth-order valence-corrected chi connectivity index (χ4v) is 3.09. The predicted octanol–water partition coefficient (Wildman–Crippen LogP) is 2.35. The first kappa shape index (κ1) is 11.5. The van der Waals surface area contributed by atoms with Crippen molar-refractivity contribution in [3.63, 3.8) is 0 Å². The van der Waals surface area contributed by atoms with Crippen LogP contribution in [0.2, 0.25) is 5.02 Å². The van der Waals surface area contributed by atoms with E-state index in [4.69, 9.17) is 16.3 Å². The normalized spacial score (nSPS) is 29.2. The first-order chi connectivity index (χ1) is 8.27. The van der Waals surface area contributed by atoms with E-state index in [1.165, 1.54) is 18.4 Å². The lowest BCUT2D eigenvalue weighted by atomic mass is 9.87. The third-order valence-electron chi connectivity index (χ3n) is 3.95. The molecule has 1 atom stereocenters. The van der Waals surface area contributed by atoms with Gasteiger partial charge < -0.3 is 4.74 Å². The lowest BCUT2D eigenvalue weighted by Crippen LogP contribution is -2.27. The molecule has 2 aliphatic heterocycles. The summed E-state index contributed by atoms with van der Waals surface area (Å²) in [6.45, 7) is 5.11. The van der Waals surface area contributed by atoms with Crippen molar-refractivity contribution in [3.05, 3.63) is 29.0 Å². The van der Waals surface area contributed by atoms with Crippen LogP contribution < -0.4 is 0 Å². The van der Waals surface area contributed by atoms with Gasteiger partial charge in [-0.25, -0.2) is 0 Å². The summed E-state index contributed by atoms with van der Waals surface area (Å²) in [6, 6.07) is 2.01. The van der Waals surface area contributed by atoms with Gasteiger partial charge in [0.2, 0.25) is 0 Å². The molecule has 3 heterocycles. The molecular weight excluding hydrogens is 236 g/mol. The van der Waals surface area contributed by atoms with Crippen LogP contribution >= 0.6 is 11.6 Å². The average Bonchev–Trinajstić information content (AvgIpc) is 2.94. The van der Waals surface area contributed by atoms with Gasteiger partial charge in [0, 0.05) is 37.5 Å². The van der Waals surface area contributed by atoms with Gasteiger partial charge in [-0.1, -0.05) is 11.6 Å². The van der Waals surface area contributed by atoms with Crippen molar-refractivity contribution in [2.24, 2.45) is 5.41 Å². The van der Waals surface area contributed by atoms with Gasteiger partial charge in [0.25, 0.3) is 0 Å². The van der Waals surface area contributed by atoms with Crippen LogP contribution in [0.25, 0.3) is 0 Å². The molecule has 0 radical (unpaired) electrons. The van der Waals surface area contributed by atoms with Crippen molar-refractivity contribution in [3.8, 4) is 0 Å². The number of likely N-dealkylation sites (tertiary alicyclic amines) is 1. The topological polar surface area (TPSA) is 25.4 Å². The second kappa shape index (κ2) is 4.56. The SMILES string of the molecule is Clc1cnccc1CN1CCC2(CCOC2)C1. The Bertz CT molecular complexity index is 404. The summed E-state index contributed by atoms with van der Waals surface area (Å²) in [4.78, 5) is 6.50. The Labute approximate surface area is 107 Å². The Kier molecular flexibility index (Phi) is 3.07. The van der Waals surface area contributed by atoms with Crippen LogP contribution in [0.4, 0.5) is 0 Å². The number of aromatic nitrogens is 1. The zero-order valence-corrected chi connectivity index (χ0v) is 10.6. The highest BCUT2D eigenvalue weighted by atomic mass is 35.5. The summed E-state index contributed by atoms with van der Waals surface area (Å²) >= 11 is 6.14. The molecule has 0 bridgehead atoms. The number of rotatable bonds is 2. The first-order valence-electron chi connectivity index (χ1n) is 6.16. The maximum Gasteiger partial charge on any atom is 0.0634 e. The number of hydrogen-bond acceptors (Lipinski definition) is 3. The summed E-state index contributed by atoms with van der Waals surface area (Å²) in [5.41, 5.74) is 1.61. The fraction of sp³-hybridized carbons (Fsp3) is 0.615. The van der Waals surface area contributed by atoms with Gasteiger partial charge in [-0.05, 0) is 31.0 Å². The van der Waals surface area contributed by atoms with Crippen molar-refractivity contribution in [1.82, 2.24) is 9.88 Å². The quantitative estimate of drug-likeness (QED) is 0.808. The molecule has 0 aliphatic carbocycles. The van der Waals surface area contributed by atoms with Crippen molar-refractivity contribution in [2.45, 2.75) is 19.4 Å². The van der Waals surface area contributed by atoms with E-state index in [-0.39, 0.29) is 0 Å². The maximum atomic E-state index is 6.14. The van der Waals surface area contributed by atoms with E-state index < -0.39 is 0 Å². The standard InChI is InChI=1S/C13H17ClN2O/c14-12-7-15-4-1-11(12)8-16-5-2-13(9-16)3-6-17-10-13/h1,4,7H,2-3,5-6,8-10H2. The van der Waals surface area contributed by atoms with Gasteiger partial charge >= 0.3 is 0 Å². The van der Waals surface area contributed by atoms with Gasteiger partial charge in [-0.15, -0.1) is 0 Å². The molecule has 2 fully saturated rings. The Morgan fingerprint density at radius 3 is 3.18 bits per heavy atom. The highest BCUT2D eigenvalue weighted by molar-refractivity contribution is 6.31. The molecule has 0 aromatic carbocycles. The molecule has 2 aliphatic rings. The minimum absolute atomic E-state index is 0.430. The maximum absolute atomic E-state index is 6.14. The van der Waals surface area contributed by atoms with Crippen molar-refractivity contribution in [2.75, 3.05) is 26.3 Å². The average molecular weight is 253 g/mol. The molecule has 1 unspecified atom stereocenters. The summed E-state index contributed by atoms with van der Waals surface area (Å²) < 4.78 is 5.54. The van der Waals surface area contributed by atoms with Crippen LogP contribution in [0, 0.1) is 5.41 Å². The van der Waals surface area contributed by atoms with Crippen molar-refractivity contribution >= 4 is 11.6 Å². The van der Waals surface area contributed by atoms with Gasteiger partial charge in [-0.3, -0.25) is 9.88 Å². The summed E-state index contributed by atoms with van der Waals surface area (Å²) in [6.07, 6.45) is 6.01. The molecule has 92 valence electrons. The molecule has 3 nitrogen and oxygen atoms in total. The Morgan fingerprint density at radius 2 is 2.41 bits per heavy atom. The number of nitrogens with zero attached hydrogens (tertiary/aromatic N) is 2. The monoisotopic (exact) mass is 252 g/mol. The predicted molar refractivity (Wildman–Crippen MR) is 67.0 cm³/mol. The molecule has 0 N–H and O–H groups in total. The van der Waals surface area contributed by atoms with Crippen LogP contribution in [0.5, 0.6) is 0 Å². The molecule has 3 rings (SSSR count). The lowest BCUT2D eigenvalue weighted by molar-refractivity contribution is 0.151. The van der Waals surface area contributed by atoms with E-state index in [0.29, 0.717) is 5.41 Å². The Morgan fingerprint density at radius 1 is 1.47 bits per heavy atom. The van der Waals surface area contributed by atoms with Crippen LogP contribution in [0.1, 0.15) is 18.4 Å². The van der Waals surface area contributed by atoms with Crippen molar-refractivity contribution < 1.29 is 4.74 Å². The number of ether oxygens (including phenoxy) is 1. The third kappa shape index (κ3) is 2.32. The third-order valence-corrected chi connectivity index (χ3v) is 4.29. The highest BCUT2D eigenvalue weighted by Crippen LogP contribution is 2.38. The summed E-state index contributed by atoms with van der Waals surface area (Å²) in [5.74, 6) is 0. The number of hydrogen-bond donors (Lipinski definition) is 0. The van der Waals surface area contributed by atoms with E-state index in [1.807, 2.05) is 12.3 Å². The second-order valence-electron chi connectivity index (χ2n) is 5.23. The minimum atomic E-state index is 0.430. The number of halogens is 1. The zero-order chi connectivity index (χ0) is 11.7. The van der Waals surface area contributed by atoms with Crippen molar-refractivity contribution in [1.29, 1.82) is 0 Å².